The second-order valence-corrected chi connectivity index (χ2v) is 7.84. The molecular formula is C21H29N3O3. The zero-order valence-electron chi connectivity index (χ0n) is 16.2. The lowest BCUT2D eigenvalue weighted by atomic mass is 9.97. The van der Waals surface area contributed by atoms with Crippen LogP contribution in [0.5, 0.6) is 0 Å². The van der Waals surface area contributed by atoms with Gasteiger partial charge in [0, 0.05) is 37.7 Å². The van der Waals surface area contributed by atoms with Crippen LogP contribution in [0.3, 0.4) is 0 Å². The molecule has 146 valence electrons. The smallest absolute Gasteiger partial charge is 0.253 e. The average Bonchev–Trinajstić information content (AvgIpc) is 3.03. The van der Waals surface area contributed by atoms with Gasteiger partial charge in [-0.3, -0.25) is 9.48 Å². The number of nitrogens with zero attached hydrogens (tertiary/aromatic N) is 3. The quantitative estimate of drug-likeness (QED) is 0.847. The summed E-state index contributed by atoms with van der Waals surface area (Å²) in [6.45, 7) is 6.16. The van der Waals surface area contributed by atoms with Crippen LogP contribution in [-0.2, 0) is 17.7 Å². The number of aromatic nitrogens is 2. The summed E-state index contributed by atoms with van der Waals surface area (Å²) in [5.74, 6) is 0.0380. The SMILES string of the molecule is CC(C)(O)CCc1cccc(C(=O)N2CCCOC(Cn3cccn3)C2)c1. The van der Waals surface area contributed by atoms with Crippen LogP contribution in [0, 0.1) is 0 Å². The van der Waals surface area contributed by atoms with E-state index >= 15 is 0 Å². The molecule has 1 saturated heterocycles. The first-order chi connectivity index (χ1) is 12.9. The predicted octanol–water partition coefficient (Wildman–Crippen LogP) is 2.52. The Balaban J connectivity index is 1.66. The van der Waals surface area contributed by atoms with Gasteiger partial charge >= 0.3 is 0 Å². The van der Waals surface area contributed by atoms with Crippen LogP contribution in [0.4, 0.5) is 0 Å². The number of carbonyl (C=O) groups excluding carboxylic acids is 1. The second kappa shape index (κ2) is 8.67. The van der Waals surface area contributed by atoms with Crippen molar-refractivity contribution in [2.45, 2.75) is 51.4 Å². The van der Waals surface area contributed by atoms with Crippen molar-refractivity contribution in [2.75, 3.05) is 19.7 Å². The van der Waals surface area contributed by atoms with Crippen LogP contribution in [0.1, 0.15) is 42.6 Å². The number of rotatable bonds is 6. The summed E-state index contributed by atoms with van der Waals surface area (Å²) in [7, 11) is 0. The van der Waals surface area contributed by atoms with E-state index in [9.17, 15) is 9.90 Å². The van der Waals surface area contributed by atoms with Crippen LogP contribution in [0.15, 0.2) is 42.7 Å². The third-order valence-electron chi connectivity index (χ3n) is 4.79. The molecular weight excluding hydrogens is 342 g/mol. The molecule has 1 aromatic heterocycles. The van der Waals surface area contributed by atoms with Gasteiger partial charge in [-0.05, 0) is 56.9 Å². The van der Waals surface area contributed by atoms with Gasteiger partial charge in [0.25, 0.3) is 5.91 Å². The number of ether oxygens (including phenoxy) is 1. The van der Waals surface area contributed by atoms with Crippen molar-refractivity contribution >= 4 is 5.91 Å². The Bertz CT molecular complexity index is 737. The van der Waals surface area contributed by atoms with Crippen molar-refractivity contribution in [1.29, 1.82) is 0 Å². The highest BCUT2D eigenvalue weighted by Gasteiger charge is 2.24. The van der Waals surface area contributed by atoms with Gasteiger partial charge < -0.3 is 14.7 Å². The van der Waals surface area contributed by atoms with Gasteiger partial charge in [0.1, 0.15) is 0 Å². The molecule has 1 fully saturated rings. The zero-order valence-corrected chi connectivity index (χ0v) is 16.2. The Morgan fingerprint density at radius 1 is 1.37 bits per heavy atom. The highest BCUT2D eigenvalue weighted by molar-refractivity contribution is 5.94. The highest BCUT2D eigenvalue weighted by atomic mass is 16.5. The summed E-state index contributed by atoms with van der Waals surface area (Å²) in [5, 5.41) is 14.2. The van der Waals surface area contributed by atoms with Gasteiger partial charge in [0.2, 0.25) is 0 Å². The Hall–Kier alpha value is -2.18. The topological polar surface area (TPSA) is 67.6 Å². The molecule has 6 nitrogen and oxygen atoms in total. The highest BCUT2D eigenvalue weighted by Crippen LogP contribution is 2.17. The number of aliphatic hydroxyl groups is 1. The van der Waals surface area contributed by atoms with Gasteiger partial charge in [-0.15, -0.1) is 0 Å². The summed E-state index contributed by atoms with van der Waals surface area (Å²) in [6.07, 6.45) is 5.84. The van der Waals surface area contributed by atoms with Crippen molar-refractivity contribution in [3.8, 4) is 0 Å². The standard InChI is InChI=1S/C21H29N3O3/c1-21(2,26)9-8-17-6-3-7-18(14-17)20(25)23-11-5-13-27-19(15-23)16-24-12-4-10-22-24/h3-4,6-7,10,12,14,19,26H,5,8-9,11,13,15-16H2,1-2H3. The van der Waals surface area contributed by atoms with Crippen molar-refractivity contribution in [3.63, 3.8) is 0 Å². The second-order valence-electron chi connectivity index (χ2n) is 7.84. The van der Waals surface area contributed by atoms with Gasteiger partial charge in [-0.25, -0.2) is 0 Å². The van der Waals surface area contributed by atoms with E-state index in [4.69, 9.17) is 4.74 Å². The Labute approximate surface area is 160 Å². The van der Waals surface area contributed by atoms with Crippen LogP contribution in [0.25, 0.3) is 0 Å². The first-order valence-corrected chi connectivity index (χ1v) is 9.60. The van der Waals surface area contributed by atoms with Crippen LogP contribution in [-0.4, -0.2) is 57.1 Å². The zero-order chi connectivity index (χ0) is 19.3. The summed E-state index contributed by atoms with van der Waals surface area (Å²) in [6, 6.07) is 9.63. The van der Waals surface area contributed by atoms with Crippen LogP contribution < -0.4 is 0 Å². The summed E-state index contributed by atoms with van der Waals surface area (Å²) < 4.78 is 7.75. The molecule has 1 aromatic carbocycles. The molecule has 0 aliphatic carbocycles. The Morgan fingerprint density at radius 3 is 2.96 bits per heavy atom. The lowest BCUT2D eigenvalue weighted by Gasteiger charge is -2.24. The molecule has 1 atom stereocenters. The van der Waals surface area contributed by atoms with E-state index in [0.29, 0.717) is 38.2 Å². The molecule has 0 saturated carbocycles. The van der Waals surface area contributed by atoms with E-state index in [0.717, 1.165) is 18.4 Å². The Morgan fingerprint density at radius 2 is 2.22 bits per heavy atom. The van der Waals surface area contributed by atoms with Crippen molar-refractivity contribution in [2.24, 2.45) is 0 Å². The molecule has 1 aliphatic heterocycles. The lowest BCUT2D eigenvalue weighted by Crippen LogP contribution is -2.38. The van der Waals surface area contributed by atoms with Crippen molar-refractivity contribution in [1.82, 2.24) is 14.7 Å². The molecule has 2 aromatic rings. The number of carbonyl (C=O) groups is 1. The Kier molecular flexibility index (Phi) is 6.29. The molecule has 27 heavy (non-hydrogen) atoms. The van der Waals surface area contributed by atoms with E-state index in [1.165, 1.54) is 0 Å². The van der Waals surface area contributed by atoms with E-state index < -0.39 is 5.60 Å². The van der Waals surface area contributed by atoms with Gasteiger partial charge in [0.15, 0.2) is 0 Å². The predicted molar refractivity (Wildman–Crippen MR) is 104 cm³/mol. The molecule has 2 heterocycles. The van der Waals surface area contributed by atoms with E-state index in [1.54, 1.807) is 20.0 Å². The molecule has 0 bridgehead atoms. The van der Waals surface area contributed by atoms with Gasteiger partial charge in [-0.2, -0.15) is 5.10 Å². The number of hydrogen-bond donors (Lipinski definition) is 1. The fourth-order valence-electron chi connectivity index (χ4n) is 3.30. The summed E-state index contributed by atoms with van der Waals surface area (Å²) in [5.41, 5.74) is 1.06. The maximum absolute atomic E-state index is 13.1. The first kappa shape index (κ1) is 19.6. The van der Waals surface area contributed by atoms with E-state index in [2.05, 4.69) is 5.10 Å². The molecule has 1 aliphatic rings. The fourth-order valence-corrected chi connectivity index (χ4v) is 3.30. The number of hydrogen-bond acceptors (Lipinski definition) is 4. The third kappa shape index (κ3) is 5.91. The maximum Gasteiger partial charge on any atom is 0.253 e. The molecule has 0 spiro atoms. The van der Waals surface area contributed by atoms with Crippen molar-refractivity contribution < 1.29 is 14.6 Å². The summed E-state index contributed by atoms with van der Waals surface area (Å²) in [4.78, 5) is 14.9. The lowest BCUT2D eigenvalue weighted by molar-refractivity contribution is 0.0367. The van der Waals surface area contributed by atoms with Crippen LogP contribution in [0.2, 0.25) is 0 Å². The first-order valence-electron chi connectivity index (χ1n) is 9.60. The average molecular weight is 371 g/mol. The van der Waals surface area contributed by atoms with Gasteiger partial charge in [-0.1, -0.05) is 12.1 Å². The molecule has 1 N–H and O–H groups in total. The van der Waals surface area contributed by atoms with Crippen molar-refractivity contribution in [3.05, 3.63) is 53.9 Å². The minimum absolute atomic E-state index is 0.0380. The van der Waals surface area contributed by atoms with E-state index in [1.807, 2.05) is 46.1 Å². The largest absolute Gasteiger partial charge is 0.390 e. The minimum Gasteiger partial charge on any atom is -0.390 e. The number of aryl methyl sites for hydroxylation is 1. The summed E-state index contributed by atoms with van der Waals surface area (Å²) >= 11 is 0. The fraction of sp³-hybridized carbons (Fsp3) is 0.524. The molecule has 0 radical (unpaired) electrons. The van der Waals surface area contributed by atoms with Crippen LogP contribution >= 0.6 is 0 Å². The maximum atomic E-state index is 13.1. The molecule has 1 amide bonds. The molecule has 1 unspecified atom stereocenters. The normalized spacial score (nSPS) is 18.3. The molecule has 6 heteroatoms. The monoisotopic (exact) mass is 371 g/mol. The molecule has 3 rings (SSSR count). The van der Waals surface area contributed by atoms with E-state index in [-0.39, 0.29) is 12.0 Å². The number of amides is 1. The third-order valence-corrected chi connectivity index (χ3v) is 4.79. The number of benzene rings is 1. The minimum atomic E-state index is -0.706. The van der Waals surface area contributed by atoms with Gasteiger partial charge in [0.05, 0.1) is 18.2 Å².